The van der Waals surface area contributed by atoms with Crippen molar-refractivity contribution >= 4 is 29.1 Å². The lowest BCUT2D eigenvalue weighted by molar-refractivity contribution is -0.911. The number of hydrogen-bond acceptors (Lipinski definition) is 5. The zero-order chi connectivity index (χ0) is 19.0. The predicted octanol–water partition coefficient (Wildman–Crippen LogP) is -0.370. The SMILES string of the molecule is Cc1csc(CC(=O)N2CC[NH+](CN3C(=O)[C@H]4CC=CC[C@H]4C3=O)CC2)n1. The van der Waals surface area contributed by atoms with Crippen LogP contribution in [0.15, 0.2) is 17.5 Å². The highest BCUT2D eigenvalue weighted by Crippen LogP contribution is 2.34. The van der Waals surface area contributed by atoms with Gasteiger partial charge in [0.1, 0.15) is 5.01 Å². The molecular weight excluding hydrogens is 364 g/mol. The van der Waals surface area contributed by atoms with Gasteiger partial charge >= 0.3 is 0 Å². The first-order chi connectivity index (χ1) is 13.0. The first-order valence-corrected chi connectivity index (χ1v) is 10.4. The van der Waals surface area contributed by atoms with Crippen LogP contribution < -0.4 is 4.90 Å². The minimum Gasteiger partial charge on any atom is -0.331 e. The lowest BCUT2D eigenvalue weighted by Crippen LogP contribution is -3.16. The predicted molar refractivity (Wildman–Crippen MR) is 99.9 cm³/mol. The van der Waals surface area contributed by atoms with Crippen molar-refractivity contribution in [2.45, 2.75) is 26.2 Å². The Hall–Kier alpha value is -2.06. The van der Waals surface area contributed by atoms with E-state index in [2.05, 4.69) is 4.98 Å². The number of likely N-dealkylation sites (tertiary alicyclic amines) is 1. The van der Waals surface area contributed by atoms with E-state index in [9.17, 15) is 14.4 Å². The van der Waals surface area contributed by atoms with Gasteiger partial charge in [0.25, 0.3) is 0 Å². The lowest BCUT2D eigenvalue weighted by atomic mass is 9.85. The summed E-state index contributed by atoms with van der Waals surface area (Å²) in [7, 11) is 0. The second kappa shape index (κ2) is 7.52. The van der Waals surface area contributed by atoms with Crippen molar-refractivity contribution < 1.29 is 19.3 Å². The minimum atomic E-state index is -0.161. The van der Waals surface area contributed by atoms with Crippen LogP contribution >= 0.6 is 11.3 Å². The summed E-state index contributed by atoms with van der Waals surface area (Å²) < 4.78 is 0. The van der Waals surface area contributed by atoms with Crippen molar-refractivity contribution in [2.75, 3.05) is 32.8 Å². The highest BCUT2D eigenvalue weighted by atomic mass is 32.1. The van der Waals surface area contributed by atoms with E-state index in [1.807, 2.05) is 29.4 Å². The maximum absolute atomic E-state index is 12.6. The van der Waals surface area contributed by atoms with E-state index in [0.29, 0.717) is 39.0 Å². The normalized spacial score (nSPS) is 26.0. The topological polar surface area (TPSA) is 75.0 Å². The summed E-state index contributed by atoms with van der Waals surface area (Å²) >= 11 is 1.52. The summed E-state index contributed by atoms with van der Waals surface area (Å²) in [6.45, 7) is 5.19. The van der Waals surface area contributed by atoms with E-state index >= 15 is 0 Å². The fraction of sp³-hybridized carbons (Fsp3) is 0.579. The molecule has 2 atom stereocenters. The monoisotopic (exact) mass is 389 g/mol. The molecule has 1 aliphatic carbocycles. The van der Waals surface area contributed by atoms with Gasteiger partial charge in [-0.3, -0.25) is 14.4 Å². The molecule has 0 saturated carbocycles. The second-order valence-corrected chi connectivity index (χ2v) is 8.55. The minimum absolute atomic E-state index is 0.0144. The quantitative estimate of drug-likeness (QED) is 0.563. The molecule has 1 N–H and O–H groups in total. The van der Waals surface area contributed by atoms with Crippen LogP contribution in [-0.2, 0) is 20.8 Å². The Bertz CT molecular complexity index is 756. The van der Waals surface area contributed by atoms with Crippen LogP contribution in [-0.4, -0.2) is 65.4 Å². The first kappa shape index (κ1) is 18.3. The second-order valence-electron chi connectivity index (χ2n) is 7.61. The van der Waals surface area contributed by atoms with Crippen molar-refractivity contribution in [3.05, 3.63) is 28.2 Å². The summed E-state index contributed by atoms with van der Waals surface area (Å²) in [6.07, 6.45) is 5.74. The highest BCUT2D eigenvalue weighted by Gasteiger charge is 2.48. The number of nitrogens with one attached hydrogen (secondary N) is 1. The maximum Gasteiger partial charge on any atom is 0.237 e. The van der Waals surface area contributed by atoms with Crippen LogP contribution in [0, 0.1) is 18.8 Å². The molecule has 2 fully saturated rings. The van der Waals surface area contributed by atoms with Crippen LogP contribution in [0.1, 0.15) is 23.5 Å². The van der Waals surface area contributed by atoms with Gasteiger partial charge in [-0.2, -0.15) is 0 Å². The molecule has 4 rings (SSSR count). The number of carbonyl (C=O) groups is 3. The molecule has 7 nitrogen and oxygen atoms in total. The van der Waals surface area contributed by atoms with Gasteiger partial charge in [0.05, 0.1) is 44.4 Å². The molecule has 27 heavy (non-hydrogen) atoms. The molecule has 3 aliphatic rings. The molecule has 0 aromatic carbocycles. The number of aryl methyl sites for hydroxylation is 1. The number of piperazine rings is 1. The number of rotatable bonds is 4. The molecule has 144 valence electrons. The summed E-state index contributed by atoms with van der Waals surface area (Å²) in [6, 6.07) is 0. The van der Waals surface area contributed by atoms with Crippen molar-refractivity contribution in [1.29, 1.82) is 0 Å². The average Bonchev–Trinajstić information content (AvgIpc) is 3.19. The Balaban J connectivity index is 1.29. The van der Waals surface area contributed by atoms with Gasteiger partial charge < -0.3 is 9.80 Å². The Morgan fingerprint density at radius 2 is 1.81 bits per heavy atom. The number of quaternary nitrogens is 1. The number of fused-ring (bicyclic) bond motifs is 1. The molecule has 3 amide bonds. The molecule has 2 aliphatic heterocycles. The Kier molecular flexibility index (Phi) is 5.10. The van der Waals surface area contributed by atoms with Crippen LogP contribution in [0.5, 0.6) is 0 Å². The first-order valence-electron chi connectivity index (χ1n) is 9.55. The molecule has 0 spiro atoms. The molecule has 0 bridgehead atoms. The van der Waals surface area contributed by atoms with Gasteiger partial charge in [0, 0.05) is 11.1 Å². The molecule has 0 unspecified atom stereocenters. The third kappa shape index (κ3) is 3.68. The van der Waals surface area contributed by atoms with E-state index in [1.165, 1.54) is 21.1 Å². The number of allylic oxidation sites excluding steroid dienone is 2. The number of aromatic nitrogens is 1. The van der Waals surface area contributed by atoms with Crippen molar-refractivity contribution in [1.82, 2.24) is 14.8 Å². The van der Waals surface area contributed by atoms with E-state index in [0.717, 1.165) is 23.8 Å². The van der Waals surface area contributed by atoms with Gasteiger partial charge in [0.2, 0.25) is 17.7 Å². The summed E-state index contributed by atoms with van der Waals surface area (Å²) in [4.78, 5) is 46.5. The molecule has 0 radical (unpaired) electrons. The molecule has 2 saturated heterocycles. The third-order valence-electron chi connectivity index (χ3n) is 5.77. The Morgan fingerprint density at radius 1 is 1.19 bits per heavy atom. The fourth-order valence-electron chi connectivity index (χ4n) is 4.20. The highest BCUT2D eigenvalue weighted by molar-refractivity contribution is 7.09. The third-order valence-corrected chi connectivity index (χ3v) is 6.74. The number of nitrogens with zero attached hydrogens (tertiary/aromatic N) is 3. The van der Waals surface area contributed by atoms with Gasteiger partial charge in [-0.15, -0.1) is 11.3 Å². The summed E-state index contributed by atoms with van der Waals surface area (Å²) in [5, 5.41) is 2.82. The maximum atomic E-state index is 12.6. The fourth-order valence-corrected chi connectivity index (χ4v) is 4.97. The standard InChI is InChI=1S/C19H24N4O3S/c1-13-11-27-16(20-13)10-17(24)22-8-6-21(7-9-22)12-23-18(25)14-4-2-3-5-15(14)19(23)26/h2-3,11,14-15H,4-10,12H2,1H3/p+1/t14-,15+. The van der Waals surface area contributed by atoms with Crippen LogP contribution in [0.4, 0.5) is 0 Å². The van der Waals surface area contributed by atoms with Crippen LogP contribution in [0.25, 0.3) is 0 Å². The number of thiazole rings is 1. The molecule has 1 aromatic heterocycles. The van der Waals surface area contributed by atoms with E-state index < -0.39 is 0 Å². The number of imide groups is 1. The summed E-state index contributed by atoms with van der Waals surface area (Å²) in [5.41, 5.74) is 0.952. The Labute approximate surface area is 162 Å². The van der Waals surface area contributed by atoms with Crippen molar-refractivity contribution in [3.63, 3.8) is 0 Å². The van der Waals surface area contributed by atoms with Crippen molar-refractivity contribution in [2.24, 2.45) is 11.8 Å². The van der Waals surface area contributed by atoms with Gasteiger partial charge in [0.15, 0.2) is 6.67 Å². The molecule has 8 heteroatoms. The number of hydrogen-bond donors (Lipinski definition) is 1. The number of amides is 3. The zero-order valence-electron chi connectivity index (χ0n) is 15.5. The van der Waals surface area contributed by atoms with Gasteiger partial charge in [-0.05, 0) is 19.8 Å². The van der Waals surface area contributed by atoms with E-state index in [-0.39, 0.29) is 29.6 Å². The Morgan fingerprint density at radius 3 is 2.37 bits per heavy atom. The largest absolute Gasteiger partial charge is 0.331 e. The van der Waals surface area contributed by atoms with Gasteiger partial charge in [-0.1, -0.05) is 12.2 Å². The number of carbonyl (C=O) groups excluding carboxylic acids is 3. The smallest absolute Gasteiger partial charge is 0.237 e. The molecule has 3 heterocycles. The lowest BCUT2D eigenvalue weighted by Gasteiger charge is -2.33. The molecular formula is C19H25N4O3S+. The van der Waals surface area contributed by atoms with Crippen LogP contribution in [0.3, 0.4) is 0 Å². The average molecular weight is 390 g/mol. The molecule has 1 aromatic rings. The van der Waals surface area contributed by atoms with E-state index in [1.54, 1.807) is 0 Å². The van der Waals surface area contributed by atoms with Crippen molar-refractivity contribution in [3.8, 4) is 0 Å². The summed E-state index contributed by atoms with van der Waals surface area (Å²) in [5.74, 6) is -0.245. The zero-order valence-corrected chi connectivity index (χ0v) is 16.3. The van der Waals surface area contributed by atoms with Crippen LogP contribution in [0.2, 0.25) is 0 Å². The van der Waals surface area contributed by atoms with E-state index in [4.69, 9.17) is 0 Å². The van der Waals surface area contributed by atoms with Gasteiger partial charge in [-0.25, -0.2) is 9.88 Å².